The average molecular weight is 331 g/mol. The summed E-state index contributed by atoms with van der Waals surface area (Å²) in [5.74, 6) is 0.569. The molecule has 0 spiro atoms. The number of carbonyl (C=O) groups excluding carboxylic acids is 2. The van der Waals surface area contributed by atoms with E-state index >= 15 is 0 Å². The van der Waals surface area contributed by atoms with E-state index in [9.17, 15) is 14.7 Å². The van der Waals surface area contributed by atoms with E-state index in [0.717, 1.165) is 5.75 Å². The minimum atomic E-state index is -0.799. The van der Waals surface area contributed by atoms with E-state index in [1.165, 1.54) is 11.3 Å². The zero-order valence-corrected chi connectivity index (χ0v) is 13.8. The Labute approximate surface area is 132 Å². The molecule has 0 bridgehead atoms. The van der Waals surface area contributed by atoms with Crippen molar-refractivity contribution in [2.24, 2.45) is 0 Å². The molecule has 1 aromatic heterocycles. The van der Waals surface area contributed by atoms with Gasteiger partial charge in [0.05, 0.1) is 29.0 Å². The maximum atomic E-state index is 11.6. The molecular formula is C13H21N3O3S2. The number of carbonyl (C=O) groups is 2. The second-order valence-corrected chi connectivity index (χ2v) is 6.79. The number of hydrogen-bond donors (Lipinski definition) is 3. The van der Waals surface area contributed by atoms with E-state index in [4.69, 9.17) is 0 Å². The summed E-state index contributed by atoms with van der Waals surface area (Å²) in [6.07, 6.45) is -0.598. The Morgan fingerprint density at radius 3 is 2.76 bits per heavy atom. The lowest BCUT2D eigenvalue weighted by Gasteiger charge is -2.15. The van der Waals surface area contributed by atoms with Gasteiger partial charge in [0.15, 0.2) is 0 Å². The highest BCUT2D eigenvalue weighted by molar-refractivity contribution is 8.00. The number of thiazole rings is 1. The fourth-order valence-corrected chi connectivity index (χ4v) is 2.84. The molecule has 2 atom stereocenters. The van der Waals surface area contributed by atoms with Crippen LogP contribution in [0.5, 0.6) is 0 Å². The normalized spacial score (nSPS) is 13.5. The third kappa shape index (κ3) is 7.45. The maximum Gasteiger partial charge on any atom is 0.232 e. The van der Waals surface area contributed by atoms with Gasteiger partial charge in [-0.15, -0.1) is 23.1 Å². The van der Waals surface area contributed by atoms with E-state index in [-0.39, 0.29) is 36.6 Å². The van der Waals surface area contributed by atoms with Gasteiger partial charge >= 0.3 is 0 Å². The molecule has 6 nitrogen and oxygen atoms in total. The zero-order chi connectivity index (χ0) is 15.7. The van der Waals surface area contributed by atoms with Crippen molar-refractivity contribution in [2.75, 3.05) is 18.8 Å². The molecule has 1 rings (SSSR count). The second kappa shape index (κ2) is 9.75. The van der Waals surface area contributed by atoms with Gasteiger partial charge in [0, 0.05) is 18.5 Å². The SMILES string of the molecule is CCSC(C)C(=O)NCC(O)CNC(=O)Cc1cscn1. The summed E-state index contributed by atoms with van der Waals surface area (Å²) >= 11 is 2.98. The maximum absolute atomic E-state index is 11.6. The van der Waals surface area contributed by atoms with Crippen LogP contribution < -0.4 is 10.6 Å². The van der Waals surface area contributed by atoms with E-state index in [2.05, 4.69) is 15.6 Å². The van der Waals surface area contributed by atoms with Crippen LogP contribution in [0, 0.1) is 0 Å². The van der Waals surface area contributed by atoms with Crippen LogP contribution in [0.25, 0.3) is 0 Å². The number of hydrogen-bond acceptors (Lipinski definition) is 6. The molecular weight excluding hydrogens is 310 g/mol. The molecule has 1 aromatic rings. The van der Waals surface area contributed by atoms with Crippen molar-refractivity contribution < 1.29 is 14.7 Å². The number of thioether (sulfide) groups is 1. The van der Waals surface area contributed by atoms with E-state index in [1.807, 2.05) is 19.2 Å². The number of rotatable bonds is 9. The summed E-state index contributed by atoms with van der Waals surface area (Å²) in [5, 5.41) is 16.7. The molecule has 118 valence electrons. The Bertz CT molecular complexity index is 440. The summed E-state index contributed by atoms with van der Waals surface area (Å²) in [6.45, 7) is 4.05. The van der Waals surface area contributed by atoms with Crippen molar-refractivity contribution in [3.05, 3.63) is 16.6 Å². The highest BCUT2D eigenvalue weighted by Crippen LogP contribution is 2.08. The Morgan fingerprint density at radius 1 is 1.43 bits per heavy atom. The lowest BCUT2D eigenvalue weighted by molar-refractivity contribution is -0.120. The van der Waals surface area contributed by atoms with Gasteiger partial charge < -0.3 is 15.7 Å². The van der Waals surface area contributed by atoms with Crippen molar-refractivity contribution in [3.63, 3.8) is 0 Å². The predicted molar refractivity (Wildman–Crippen MR) is 85.4 cm³/mol. The minimum absolute atomic E-state index is 0.102. The molecule has 0 aliphatic carbocycles. The average Bonchev–Trinajstić information content (AvgIpc) is 2.95. The lowest BCUT2D eigenvalue weighted by Crippen LogP contribution is -2.42. The van der Waals surface area contributed by atoms with Crippen LogP contribution in [0.1, 0.15) is 19.5 Å². The fraction of sp³-hybridized carbons (Fsp3) is 0.615. The molecule has 0 fully saturated rings. The summed E-state index contributed by atoms with van der Waals surface area (Å²) in [7, 11) is 0. The Hall–Kier alpha value is -1.12. The molecule has 3 N–H and O–H groups in total. The van der Waals surface area contributed by atoms with Crippen LogP contribution in [0.15, 0.2) is 10.9 Å². The van der Waals surface area contributed by atoms with Gasteiger partial charge in [-0.05, 0) is 12.7 Å². The van der Waals surface area contributed by atoms with Crippen molar-refractivity contribution in [1.82, 2.24) is 15.6 Å². The van der Waals surface area contributed by atoms with Crippen LogP contribution in [-0.4, -0.2) is 52.1 Å². The Kier molecular flexibility index (Phi) is 8.33. The fourth-order valence-electron chi connectivity index (χ4n) is 1.54. The predicted octanol–water partition coefficient (Wildman–Crippen LogP) is 0.420. The molecule has 21 heavy (non-hydrogen) atoms. The quantitative estimate of drug-likeness (QED) is 0.610. The van der Waals surface area contributed by atoms with Gasteiger partial charge in [0.1, 0.15) is 0 Å². The van der Waals surface area contributed by atoms with Gasteiger partial charge in [0.25, 0.3) is 0 Å². The number of aliphatic hydroxyl groups is 1. The highest BCUT2D eigenvalue weighted by atomic mass is 32.2. The monoisotopic (exact) mass is 331 g/mol. The topological polar surface area (TPSA) is 91.3 Å². The largest absolute Gasteiger partial charge is 0.389 e. The molecule has 1 heterocycles. The van der Waals surface area contributed by atoms with Gasteiger partial charge in [-0.25, -0.2) is 4.98 Å². The molecule has 0 aliphatic rings. The molecule has 2 amide bonds. The lowest BCUT2D eigenvalue weighted by atomic mass is 10.3. The first kappa shape index (κ1) is 17.9. The van der Waals surface area contributed by atoms with Gasteiger partial charge in [-0.1, -0.05) is 6.92 Å². The molecule has 2 unspecified atom stereocenters. The van der Waals surface area contributed by atoms with Crippen LogP contribution in [0.3, 0.4) is 0 Å². The Morgan fingerprint density at radius 2 is 2.14 bits per heavy atom. The third-order valence-electron chi connectivity index (χ3n) is 2.66. The number of amides is 2. The van der Waals surface area contributed by atoms with E-state index < -0.39 is 6.10 Å². The van der Waals surface area contributed by atoms with Crippen LogP contribution in [0.2, 0.25) is 0 Å². The summed E-state index contributed by atoms with van der Waals surface area (Å²) in [4.78, 5) is 27.3. The van der Waals surface area contributed by atoms with Crippen LogP contribution >= 0.6 is 23.1 Å². The second-order valence-electron chi connectivity index (χ2n) is 4.46. The first-order chi connectivity index (χ1) is 10.0. The molecule has 0 saturated carbocycles. The van der Waals surface area contributed by atoms with E-state index in [1.54, 1.807) is 17.3 Å². The molecule has 0 saturated heterocycles. The van der Waals surface area contributed by atoms with Crippen LogP contribution in [0.4, 0.5) is 0 Å². The van der Waals surface area contributed by atoms with Gasteiger partial charge in [-0.2, -0.15) is 0 Å². The Balaban J connectivity index is 2.17. The van der Waals surface area contributed by atoms with Gasteiger partial charge in [0.2, 0.25) is 11.8 Å². The number of aromatic nitrogens is 1. The molecule has 0 aromatic carbocycles. The standard InChI is InChI=1S/C13H21N3O3S2/c1-3-21-9(2)13(19)15-6-11(17)5-14-12(18)4-10-7-20-8-16-10/h7-9,11,17H,3-6H2,1-2H3,(H,14,18)(H,15,19). The van der Waals surface area contributed by atoms with Crippen molar-refractivity contribution in [2.45, 2.75) is 31.6 Å². The highest BCUT2D eigenvalue weighted by Gasteiger charge is 2.14. The van der Waals surface area contributed by atoms with Crippen molar-refractivity contribution >= 4 is 34.9 Å². The summed E-state index contributed by atoms with van der Waals surface area (Å²) in [5.41, 5.74) is 2.38. The van der Waals surface area contributed by atoms with Crippen molar-refractivity contribution in [3.8, 4) is 0 Å². The van der Waals surface area contributed by atoms with Crippen molar-refractivity contribution in [1.29, 1.82) is 0 Å². The molecule has 0 aliphatic heterocycles. The van der Waals surface area contributed by atoms with E-state index in [0.29, 0.717) is 5.69 Å². The van der Waals surface area contributed by atoms with Gasteiger partial charge in [-0.3, -0.25) is 9.59 Å². The molecule has 0 radical (unpaired) electrons. The number of aliphatic hydroxyl groups excluding tert-OH is 1. The molecule has 8 heteroatoms. The first-order valence-corrected chi connectivity index (χ1v) is 8.73. The number of nitrogens with zero attached hydrogens (tertiary/aromatic N) is 1. The smallest absolute Gasteiger partial charge is 0.232 e. The zero-order valence-electron chi connectivity index (χ0n) is 12.2. The summed E-state index contributed by atoms with van der Waals surface area (Å²) < 4.78 is 0. The number of nitrogens with one attached hydrogen (secondary N) is 2. The van der Waals surface area contributed by atoms with Crippen LogP contribution in [-0.2, 0) is 16.0 Å². The third-order valence-corrected chi connectivity index (χ3v) is 4.34. The minimum Gasteiger partial charge on any atom is -0.389 e. The first-order valence-electron chi connectivity index (χ1n) is 6.74. The summed E-state index contributed by atoms with van der Waals surface area (Å²) in [6, 6.07) is 0.